The highest BCUT2D eigenvalue weighted by molar-refractivity contribution is 6.01. The number of hydrogen-bond acceptors (Lipinski definition) is 2. The third-order valence-electron chi connectivity index (χ3n) is 3.03. The number of aliphatic carboxylic acids is 1. The lowest BCUT2D eigenvalue weighted by Gasteiger charge is -2.20. The van der Waals surface area contributed by atoms with Gasteiger partial charge in [-0.05, 0) is 37.1 Å². The number of nitrogens with zero attached hydrogens (tertiary/aromatic N) is 1. The highest BCUT2D eigenvalue weighted by Gasteiger charge is 2.36. The Morgan fingerprint density at radius 3 is 2.71 bits per heavy atom. The summed E-state index contributed by atoms with van der Waals surface area (Å²) in [7, 11) is 0. The molecule has 1 aliphatic rings. The Balaban J connectivity index is 2.39. The number of aryl methyl sites for hydroxylation is 2. The summed E-state index contributed by atoms with van der Waals surface area (Å²) in [5.41, 5.74) is 2.77. The largest absolute Gasteiger partial charge is 0.480 e. The Morgan fingerprint density at radius 2 is 2.12 bits per heavy atom. The average molecular weight is 234 g/mol. The number of rotatable bonds is 2. The monoisotopic (exact) mass is 234 g/mol. The minimum absolute atomic E-state index is 0.140. The van der Waals surface area contributed by atoms with Crippen LogP contribution in [0.4, 0.5) is 10.5 Å². The van der Waals surface area contributed by atoms with Gasteiger partial charge < -0.3 is 10.4 Å². The molecule has 0 bridgehead atoms. The van der Waals surface area contributed by atoms with E-state index in [1.165, 1.54) is 4.90 Å². The summed E-state index contributed by atoms with van der Waals surface area (Å²) in [6.07, 6.45) is 0. The maximum atomic E-state index is 11.6. The van der Waals surface area contributed by atoms with Crippen LogP contribution < -0.4 is 10.2 Å². The van der Waals surface area contributed by atoms with Crippen LogP contribution in [-0.2, 0) is 4.79 Å². The number of benzene rings is 1. The number of carboxylic acids is 1. The molecule has 0 spiro atoms. The first-order valence-corrected chi connectivity index (χ1v) is 5.38. The van der Waals surface area contributed by atoms with Crippen molar-refractivity contribution in [1.29, 1.82) is 0 Å². The van der Waals surface area contributed by atoms with Crippen LogP contribution in [0.1, 0.15) is 11.1 Å². The van der Waals surface area contributed by atoms with E-state index in [2.05, 4.69) is 5.32 Å². The van der Waals surface area contributed by atoms with E-state index < -0.39 is 12.0 Å². The predicted molar refractivity (Wildman–Crippen MR) is 63.2 cm³/mol. The molecule has 1 fully saturated rings. The molecule has 0 aliphatic carbocycles. The molecule has 0 saturated carbocycles. The van der Waals surface area contributed by atoms with Gasteiger partial charge in [0.25, 0.3) is 0 Å². The van der Waals surface area contributed by atoms with Crippen molar-refractivity contribution in [2.24, 2.45) is 0 Å². The van der Waals surface area contributed by atoms with Crippen molar-refractivity contribution in [1.82, 2.24) is 5.32 Å². The van der Waals surface area contributed by atoms with Crippen molar-refractivity contribution in [3.8, 4) is 0 Å². The van der Waals surface area contributed by atoms with Crippen molar-refractivity contribution in [2.45, 2.75) is 19.9 Å². The number of carboxylic acid groups (broad SMARTS) is 1. The van der Waals surface area contributed by atoms with Crippen molar-refractivity contribution in [3.05, 3.63) is 29.3 Å². The second kappa shape index (κ2) is 4.08. The standard InChI is InChI=1S/C12H14N2O3/c1-7-3-4-9(5-8(7)2)14-10(11(15)16)6-13-12(14)17/h3-5,10H,6H2,1-2H3,(H,13,17)(H,15,16). The SMILES string of the molecule is Cc1ccc(N2C(=O)NCC2C(=O)O)cc1C. The zero-order chi connectivity index (χ0) is 12.6. The van der Waals surface area contributed by atoms with Crippen molar-refractivity contribution in [2.75, 3.05) is 11.4 Å². The number of urea groups is 1. The molecular formula is C12H14N2O3. The Labute approximate surface area is 99.0 Å². The second-order valence-corrected chi connectivity index (χ2v) is 4.18. The number of carbonyl (C=O) groups is 2. The summed E-state index contributed by atoms with van der Waals surface area (Å²) in [5, 5.41) is 11.6. The third kappa shape index (κ3) is 1.95. The fourth-order valence-corrected chi connectivity index (χ4v) is 1.87. The van der Waals surface area contributed by atoms with E-state index >= 15 is 0 Å². The van der Waals surface area contributed by atoms with Crippen molar-refractivity contribution < 1.29 is 14.7 Å². The lowest BCUT2D eigenvalue weighted by molar-refractivity contribution is -0.137. The molecule has 2 rings (SSSR count). The van der Waals surface area contributed by atoms with Crippen molar-refractivity contribution in [3.63, 3.8) is 0 Å². The fourth-order valence-electron chi connectivity index (χ4n) is 1.87. The van der Waals surface area contributed by atoms with Crippen LogP contribution in [-0.4, -0.2) is 29.7 Å². The highest BCUT2D eigenvalue weighted by atomic mass is 16.4. The zero-order valence-electron chi connectivity index (χ0n) is 9.73. The number of nitrogens with one attached hydrogen (secondary N) is 1. The first-order chi connectivity index (χ1) is 8.00. The first kappa shape index (κ1) is 11.4. The quantitative estimate of drug-likeness (QED) is 0.810. The minimum atomic E-state index is -0.999. The summed E-state index contributed by atoms with van der Waals surface area (Å²) >= 11 is 0. The molecule has 2 amide bonds. The van der Waals surface area contributed by atoms with Crippen LogP contribution >= 0.6 is 0 Å². The molecular weight excluding hydrogens is 220 g/mol. The summed E-state index contributed by atoms with van der Waals surface area (Å²) in [5.74, 6) is -0.999. The lowest BCUT2D eigenvalue weighted by atomic mass is 10.1. The van der Waals surface area contributed by atoms with E-state index in [1.54, 1.807) is 6.07 Å². The van der Waals surface area contributed by atoms with E-state index in [4.69, 9.17) is 5.11 Å². The number of carbonyl (C=O) groups excluding carboxylic acids is 1. The molecule has 1 aromatic carbocycles. The third-order valence-corrected chi connectivity index (χ3v) is 3.03. The zero-order valence-corrected chi connectivity index (χ0v) is 9.73. The van der Waals surface area contributed by atoms with Gasteiger partial charge in [0.1, 0.15) is 0 Å². The molecule has 1 heterocycles. The first-order valence-electron chi connectivity index (χ1n) is 5.38. The maximum absolute atomic E-state index is 11.6. The molecule has 1 unspecified atom stereocenters. The molecule has 5 nitrogen and oxygen atoms in total. The summed E-state index contributed by atoms with van der Waals surface area (Å²) in [6, 6.07) is 4.29. The average Bonchev–Trinajstić information content (AvgIpc) is 2.64. The van der Waals surface area contributed by atoms with Gasteiger partial charge in [-0.25, -0.2) is 9.59 Å². The van der Waals surface area contributed by atoms with E-state index in [0.29, 0.717) is 5.69 Å². The Bertz CT molecular complexity index is 485. The lowest BCUT2D eigenvalue weighted by Crippen LogP contribution is -2.39. The van der Waals surface area contributed by atoms with Gasteiger partial charge in [-0.3, -0.25) is 4.90 Å². The molecule has 5 heteroatoms. The molecule has 0 radical (unpaired) electrons. The smallest absolute Gasteiger partial charge is 0.328 e. The van der Waals surface area contributed by atoms with Crippen molar-refractivity contribution >= 4 is 17.7 Å². The van der Waals surface area contributed by atoms with Gasteiger partial charge in [0.05, 0.1) is 6.54 Å². The normalized spacial score (nSPS) is 19.3. The highest BCUT2D eigenvalue weighted by Crippen LogP contribution is 2.23. The minimum Gasteiger partial charge on any atom is -0.480 e. The van der Waals surface area contributed by atoms with Gasteiger partial charge >= 0.3 is 12.0 Å². The number of anilines is 1. The Morgan fingerprint density at radius 1 is 1.41 bits per heavy atom. The molecule has 17 heavy (non-hydrogen) atoms. The van der Waals surface area contributed by atoms with E-state index in [9.17, 15) is 9.59 Å². The van der Waals surface area contributed by atoms with Gasteiger partial charge in [-0.2, -0.15) is 0 Å². The fraction of sp³-hybridized carbons (Fsp3) is 0.333. The van der Waals surface area contributed by atoms with Crippen LogP contribution in [0.3, 0.4) is 0 Å². The van der Waals surface area contributed by atoms with Gasteiger partial charge in [0.2, 0.25) is 0 Å². The summed E-state index contributed by atoms with van der Waals surface area (Å²) in [6.45, 7) is 4.04. The van der Waals surface area contributed by atoms with E-state index in [-0.39, 0.29) is 12.6 Å². The molecule has 1 saturated heterocycles. The van der Waals surface area contributed by atoms with Gasteiger partial charge in [-0.15, -0.1) is 0 Å². The summed E-state index contributed by atoms with van der Waals surface area (Å²) in [4.78, 5) is 24.0. The molecule has 1 aromatic rings. The van der Waals surface area contributed by atoms with Crippen LogP contribution in [0.25, 0.3) is 0 Å². The Hall–Kier alpha value is -2.04. The van der Waals surface area contributed by atoms with Crippen LogP contribution in [0.15, 0.2) is 18.2 Å². The van der Waals surface area contributed by atoms with Gasteiger partial charge in [-0.1, -0.05) is 6.07 Å². The number of hydrogen-bond donors (Lipinski definition) is 2. The van der Waals surface area contributed by atoms with E-state index in [1.807, 2.05) is 26.0 Å². The second-order valence-electron chi connectivity index (χ2n) is 4.18. The van der Waals surface area contributed by atoms with Gasteiger partial charge in [0.15, 0.2) is 6.04 Å². The van der Waals surface area contributed by atoms with Crippen LogP contribution in [0, 0.1) is 13.8 Å². The topological polar surface area (TPSA) is 69.6 Å². The maximum Gasteiger partial charge on any atom is 0.328 e. The Kier molecular flexibility index (Phi) is 2.75. The molecule has 90 valence electrons. The van der Waals surface area contributed by atoms with E-state index in [0.717, 1.165) is 11.1 Å². The van der Waals surface area contributed by atoms with Crippen LogP contribution in [0.5, 0.6) is 0 Å². The summed E-state index contributed by atoms with van der Waals surface area (Å²) < 4.78 is 0. The molecule has 1 atom stereocenters. The van der Waals surface area contributed by atoms with Gasteiger partial charge in [0, 0.05) is 5.69 Å². The molecule has 2 N–H and O–H groups in total. The molecule has 1 aliphatic heterocycles. The predicted octanol–water partition coefficient (Wildman–Crippen LogP) is 1.29. The molecule has 0 aromatic heterocycles. The number of amides is 2. The van der Waals surface area contributed by atoms with Crippen LogP contribution in [0.2, 0.25) is 0 Å².